The van der Waals surface area contributed by atoms with Crippen LogP contribution >= 0.6 is 7.60 Å². The van der Waals surface area contributed by atoms with E-state index in [1.54, 1.807) is 0 Å². The number of ether oxygens (including phenoxy) is 1. The molecule has 23 heavy (non-hydrogen) atoms. The summed E-state index contributed by atoms with van der Waals surface area (Å²) < 4.78 is 22.5. The Kier molecular flexibility index (Phi) is 3.96. The molecule has 3 heterocycles. The first-order chi connectivity index (χ1) is 10.8. The van der Waals surface area contributed by atoms with E-state index < -0.39 is 31.2 Å². The third kappa shape index (κ3) is 2.87. The summed E-state index contributed by atoms with van der Waals surface area (Å²) in [6.07, 6.45) is -0.616. The lowest BCUT2D eigenvalue weighted by Gasteiger charge is -2.17. The van der Waals surface area contributed by atoms with Crippen molar-refractivity contribution in [1.82, 2.24) is 19.5 Å². The maximum Gasteiger partial charge on any atom is 0.372 e. The second kappa shape index (κ2) is 5.67. The Balaban J connectivity index is 1.86. The maximum absolute atomic E-state index is 11.7. The van der Waals surface area contributed by atoms with Crippen molar-refractivity contribution in [3.05, 3.63) is 16.7 Å². The minimum Gasteiger partial charge on any atom is -0.390 e. The van der Waals surface area contributed by atoms with E-state index in [2.05, 4.69) is 19.6 Å². The molecule has 0 aliphatic carbocycles. The predicted octanol–water partition coefficient (Wildman–Crippen LogP) is -1.75. The molecular weight excluding hydrogens is 331 g/mol. The van der Waals surface area contributed by atoms with Crippen LogP contribution in [0.25, 0.3) is 11.2 Å². The number of aromatic amines is 1. The van der Waals surface area contributed by atoms with Crippen LogP contribution in [-0.4, -0.2) is 47.6 Å². The van der Waals surface area contributed by atoms with E-state index in [1.807, 2.05) is 0 Å². The van der Waals surface area contributed by atoms with Crippen LogP contribution in [0.3, 0.4) is 0 Å². The number of aliphatic hydroxyl groups is 1. The lowest BCUT2D eigenvalue weighted by atomic mass is 10.2. The molecule has 0 spiro atoms. The van der Waals surface area contributed by atoms with Gasteiger partial charge in [0.2, 0.25) is 5.95 Å². The maximum atomic E-state index is 11.7. The summed E-state index contributed by atoms with van der Waals surface area (Å²) in [5.74, 6) is 3.46. The molecule has 1 saturated heterocycles. The largest absolute Gasteiger partial charge is 0.390 e. The molecule has 3 rings (SSSR count). The molecule has 0 bridgehead atoms. The topological polar surface area (TPSA) is 192 Å². The highest BCUT2D eigenvalue weighted by molar-refractivity contribution is 7.53. The Morgan fingerprint density at radius 2 is 2.35 bits per heavy atom. The molecule has 2 aromatic heterocycles. The molecule has 0 aromatic carbocycles. The number of nitrogens with two attached hydrogens (primary N) is 2. The lowest BCUT2D eigenvalue weighted by molar-refractivity contribution is 0.0143. The number of nitrogens with zero attached hydrogens (tertiary/aromatic N) is 3. The molecule has 0 saturated carbocycles. The summed E-state index contributed by atoms with van der Waals surface area (Å²) in [4.78, 5) is 31.4. The number of aliphatic hydroxyl groups excluding tert-OH is 1. The van der Waals surface area contributed by atoms with Crippen molar-refractivity contribution in [2.24, 2.45) is 5.90 Å². The number of hydrogen-bond donors (Lipinski definition) is 5. The van der Waals surface area contributed by atoms with Gasteiger partial charge in [0.1, 0.15) is 6.10 Å². The summed E-state index contributed by atoms with van der Waals surface area (Å²) in [6.45, 7) is 0.0502. The molecule has 1 aliphatic heterocycles. The SMILES string of the molecule is NOP(=O)(O)[C@H]1C[C@H](O)[C@@H](Cn2cnc3c(=O)[nH]c(N)nc32)O1. The number of aromatic nitrogens is 4. The number of fused-ring (bicyclic) bond motifs is 1. The van der Waals surface area contributed by atoms with Crippen molar-refractivity contribution in [2.45, 2.75) is 31.0 Å². The molecule has 13 heteroatoms. The number of imidazole rings is 1. The van der Waals surface area contributed by atoms with Gasteiger partial charge in [0, 0.05) is 6.42 Å². The number of nitrogens with one attached hydrogen (secondary N) is 1. The highest BCUT2D eigenvalue weighted by Gasteiger charge is 2.45. The van der Waals surface area contributed by atoms with E-state index in [1.165, 1.54) is 10.9 Å². The predicted molar refractivity (Wildman–Crippen MR) is 76.9 cm³/mol. The van der Waals surface area contributed by atoms with Gasteiger partial charge in [0.25, 0.3) is 5.56 Å². The van der Waals surface area contributed by atoms with Crippen molar-refractivity contribution >= 4 is 24.7 Å². The second-order valence-corrected chi connectivity index (χ2v) is 7.04. The number of H-pyrrole nitrogens is 1. The quantitative estimate of drug-likeness (QED) is 0.313. The fourth-order valence-electron chi connectivity index (χ4n) is 2.45. The Hall–Kier alpha value is -1.82. The van der Waals surface area contributed by atoms with Gasteiger partial charge in [-0.3, -0.25) is 14.3 Å². The minimum absolute atomic E-state index is 0.0502. The van der Waals surface area contributed by atoms with Crippen LogP contribution in [0.15, 0.2) is 11.1 Å². The summed E-state index contributed by atoms with van der Waals surface area (Å²) >= 11 is 0. The van der Waals surface area contributed by atoms with Crippen LogP contribution < -0.4 is 17.2 Å². The summed E-state index contributed by atoms with van der Waals surface area (Å²) in [5, 5.41) is 10.00. The van der Waals surface area contributed by atoms with Gasteiger partial charge in [-0.15, -0.1) is 0 Å². The standard InChI is InChI=1S/C10H15N6O6P/c11-10-14-8-7(9(18)15-10)13-3-16(8)2-5-4(17)1-6(21-5)23(19,20)22-12/h3-6,17H,1-2,12H2,(H,19,20)(H3,11,14,15,18)/t4-,5+,6-/m0/s1. The Labute approximate surface area is 128 Å². The van der Waals surface area contributed by atoms with Gasteiger partial charge in [-0.2, -0.15) is 4.98 Å². The normalized spacial score (nSPS) is 27.3. The third-order valence-electron chi connectivity index (χ3n) is 3.59. The molecule has 1 aliphatic rings. The second-order valence-electron chi connectivity index (χ2n) is 5.12. The zero-order valence-corrected chi connectivity index (χ0v) is 12.6. The smallest absolute Gasteiger partial charge is 0.372 e. The third-order valence-corrected chi connectivity index (χ3v) is 4.95. The molecular formula is C10H15N6O6P. The Bertz CT molecular complexity index is 835. The van der Waals surface area contributed by atoms with E-state index in [-0.39, 0.29) is 30.1 Å². The van der Waals surface area contributed by atoms with E-state index in [9.17, 15) is 19.4 Å². The molecule has 1 fully saturated rings. The number of nitrogen functional groups attached to an aromatic ring is 1. The van der Waals surface area contributed by atoms with E-state index in [0.717, 1.165) is 0 Å². The van der Waals surface area contributed by atoms with E-state index >= 15 is 0 Å². The molecule has 126 valence electrons. The first-order valence-electron chi connectivity index (χ1n) is 6.57. The van der Waals surface area contributed by atoms with Gasteiger partial charge in [-0.25, -0.2) is 15.5 Å². The van der Waals surface area contributed by atoms with Gasteiger partial charge in [0.15, 0.2) is 17.0 Å². The van der Waals surface area contributed by atoms with Crippen LogP contribution in [0.4, 0.5) is 5.95 Å². The van der Waals surface area contributed by atoms with E-state index in [0.29, 0.717) is 0 Å². The van der Waals surface area contributed by atoms with E-state index in [4.69, 9.17) is 16.4 Å². The molecule has 4 atom stereocenters. The van der Waals surface area contributed by atoms with Crippen LogP contribution in [-0.2, 0) is 20.5 Å². The average Bonchev–Trinajstić information content (AvgIpc) is 3.05. The number of anilines is 1. The van der Waals surface area contributed by atoms with Gasteiger partial charge in [-0.1, -0.05) is 0 Å². The van der Waals surface area contributed by atoms with Crippen LogP contribution in [0.5, 0.6) is 0 Å². The zero-order chi connectivity index (χ0) is 16.8. The first kappa shape index (κ1) is 16.1. The molecule has 7 N–H and O–H groups in total. The van der Waals surface area contributed by atoms with Gasteiger partial charge in [0.05, 0.1) is 19.0 Å². The average molecular weight is 346 g/mol. The van der Waals surface area contributed by atoms with Gasteiger partial charge < -0.3 is 25.0 Å². The molecule has 2 aromatic rings. The number of hydrogen-bond acceptors (Lipinski definition) is 9. The fraction of sp³-hybridized carbons (Fsp3) is 0.500. The number of rotatable bonds is 4. The van der Waals surface area contributed by atoms with Crippen molar-refractivity contribution in [3.8, 4) is 0 Å². The summed E-state index contributed by atoms with van der Waals surface area (Å²) in [7, 11) is -4.17. The van der Waals surface area contributed by atoms with Crippen molar-refractivity contribution < 1.29 is 23.9 Å². The molecule has 12 nitrogen and oxygen atoms in total. The molecule has 1 unspecified atom stereocenters. The lowest BCUT2D eigenvalue weighted by Crippen LogP contribution is -2.26. The molecule has 0 amide bonds. The van der Waals surface area contributed by atoms with Crippen molar-refractivity contribution in [2.75, 3.05) is 5.73 Å². The first-order valence-corrected chi connectivity index (χ1v) is 8.21. The van der Waals surface area contributed by atoms with Crippen molar-refractivity contribution in [1.29, 1.82) is 0 Å². The Morgan fingerprint density at radius 1 is 1.61 bits per heavy atom. The van der Waals surface area contributed by atoms with Crippen LogP contribution in [0.2, 0.25) is 0 Å². The highest BCUT2D eigenvalue weighted by atomic mass is 31.2. The molecule has 0 radical (unpaired) electrons. The highest BCUT2D eigenvalue weighted by Crippen LogP contribution is 2.51. The zero-order valence-electron chi connectivity index (χ0n) is 11.7. The van der Waals surface area contributed by atoms with Gasteiger partial charge >= 0.3 is 7.60 Å². The Morgan fingerprint density at radius 3 is 3.04 bits per heavy atom. The summed E-state index contributed by atoms with van der Waals surface area (Å²) in [6, 6.07) is 0. The van der Waals surface area contributed by atoms with Gasteiger partial charge in [-0.05, 0) is 0 Å². The summed E-state index contributed by atoms with van der Waals surface area (Å²) in [5.41, 5.74) is 5.30. The fourth-order valence-corrected chi connectivity index (χ4v) is 3.38. The van der Waals surface area contributed by atoms with Crippen LogP contribution in [0, 0.1) is 0 Å². The van der Waals surface area contributed by atoms with Crippen LogP contribution in [0.1, 0.15) is 6.42 Å². The van der Waals surface area contributed by atoms with Crippen molar-refractivity contribution in [3.63, 3.8) is 0 Å². The minimum atomic E-state index is -4.17. The monoisotopic (exact) mass is 346 g/mol.